The van der Waals surface area contributed by atoms with Gasteiger partial charge in [0.25, 0.3) is 0 Å². The van der Waals surface area contributed by atoms with Gasteiger partial charge >= 0.3 is 5.97 Å². The smallest absolute Gasteiger partial charge is 0.350 e. The largest absolute Gasteiger partial charge is 0.465 e. The Bertz CT molecular complexity index is 757. The summed E-state index contributed by atoms with van der Waals surface area (Å²) in [7, 11) is 1.37. The lowest BCUT2D eigenvalue weighted by atomic mass is 10.2. The Morgan fingerprint density at radius 2 is 1.57 bits per heavy atom. The summed E-state index contributed by atoms with van der Waals surface area (Å²) in [6, 6.07) is 7.35. The minimum Gasteiger partial charge on any atom is -0.465 e. The second-order valence-corrected chi connectivity index (χ2v) is 5.16. The lowest BCUT2D eigenvalue weighted by Gasteiger charge is -1.99. The Kier molecular flexibility index (Phi) is 3.70. The molecule has 0 saturated carbocycles. The maximum absolute atomic E-state index is 12.0. The predicted molar refractivity (Wildman–Crippen MR) is 79.9 cm³/mol. The SMILES string of the molecule is COC(=O)c1sc(-c2ccncc2)nc1-c1ccncc1. The molecule has 0 radical (unpaired) electrons. The van der Waals surface area contributed by atoms with Crippen LogP contribution in [0.3, 0.4) is 0 Å². The van der Waals surface area contributed by atoms with Crippen molar-refractivity contribution in [3.05, 3.63) is 53.9 Å². The molecule has 0 aliphatic carbocycles. The van der Waals surface area contributed by atoms with E-state index in [0.717, 1.165) is 16.1 Å². The number of esters is 1. The molecule has 3 aromatic heterocycles. The number of rotatable bonds is 3. The minimum atomic E-state index is -0.389. The first-order valence-electron chi connectivity index (χ1n) is 6.19. The Labute approximate surface area is 125 Å². The molecule has 0 spiro atoms. The molecule has 21 heavy (non-hydrogen) atoms. The van der Waals surface area contributed by atoms with Crippen LogP contribution in [0, 0.1) is 0 Å². The number of aromatic nitrogens is 3. The molecule has 0 aromatic carbocycles. The molecule has 3 heterocycles. The van der Waals surface area contributed by atoms with Crippen molar-refractivity contribution < 1.29 is 9.53 Å². The first-order valence-corrected chi connectivity index (χ1v) is 7.01. The molecule has 0 amide bonds. The maximum atomic E-state index is 12.0. The molecule has 0 atom stereocenters. The van der Waals surface area contributed by atoms with E-state index >= 15 is 0 Å². The highest BCUT2D eigenvalue weighted by atomic mass is 32.1. The van der Waals surface area contributed by atoms with Crippen LogP contribution in [0.5, 0.6) is 0 Å². The third-order valence-corrected chi connectivity index (χ3v) is 3.96. The van der Waals surface area contributed by atoms with E-state index in [1.165, 1.54) is 18.4 Å². The van der Waals surface area contributed by atoms with Crippen LogP contribution in [0.1, 0.15) is 9.67 Å². The van der Waals surface area contributed by atoms with Crippen LogP contribution in [-0.2, 0) is 4.74 Å². The Balaban J connectivity index is 2.14. The summed E-state index contributed by atoms with van der Waals surface area (Å²) in [4.78, 5) is 25.0. The number of hydrogen-bond donors (Lipinski definition) is 0. The van der Waals surface area contributed by atoms with Crippen molar-refractivity contribution in [1.29, 1.82) is 0 Å². The molecule has 0 bridgehead atoms. The van der Waals surface area contributed by atoms with Gasteiger partial charge in [-0.2, -0.15) is 0 Å². The standard InChI is InChI=1S/C15H11N3O2S/c1-20-15(19)13-12(10-2-6-16-7-3-10)18-14(21-13)11-4-8-17-9-5-11/h2-9H,1H3. The van der Waals surface area contributed by atoms with Gasteiger partial charge in [0.15, 0.2) is 0 Å². The lowest BCUT2D eigenvalue weighted by molar-refractivity contribution is 0.0607. The van der Waals surface area contributed by atoms with Gasteiger partial charge in [0.1, 0.15) is 9.88 Å². The highest BCUT2D eigenvalue weighted by molar-refractivity contribution is 7.17. The van der Waals surface area contributed by atoms with Crippen molar-refractivity contribution >= 4 is 17.3 Å². The average Bonchev–Trinajstić information content (AvgIpc) is 3.01. The summed E-state index contributed by atoms with van der Waals surface area (Å²) in [5.74, 6) is -0.389. The van der Waals surface area contributed by atoms with Crippen LogP contribution in [-0.4, -0.2) is 28.0 Å². The molecule has 104 valence electrons. The van der Waals surface area contributed by atoms with Gasteiger partial charge in [-0.25, -0.2) is 9.78 Å². The fourth-order valence-corrected chi connectivity index (χ4v) is 2.89. The monoisotopic (exact) mass is 297 g/mol. The van der Waals surface area contributed by atoms with Crippen LogP contribution in [0.25, 0.3) is 21.8 Å². The first kappa shape index (κ1) is 13.4. The van der Waals surface area contributed by atoms with Crippen molar-refractivity contribution in [1.82, 2.24) is 15.0 Å². The van der Waals surface area contributed by atoms with Gasteiger partial charge in [0, 0.05) is 35.9 Å². The summed E-state index contributed by atoms with van der Waals surface area (Å²) in [6.07, 6.45) is 6.73. The van der Waals surface area contributed by atoms with Gasteiger partial charge in [-0.05, 0) is 24.3 Å². The van der Waals surface area contributed by atoms with E-state index < -0.39 is 0 Å². The normalized spacial score (nSPS) is 10.3. The van der Waals surface area contributed by atoms with E-state index in [-0.39, 0.29) is 5.97 Å². The van der Waals surface area contributed by atoms with Gasteiger partial charge in [-0.1, -0.05) is 0 Å². The van der Waals surface area contributed by atoms with Crippen LogP contribution in [0.2, 0.25) is 0 Å². The van der Waals surface area contributed by atoms with Gasteiger partial charge in [-0.3, -0.25) is 9.97 Å². The zero-order valence-corrected chi connectivity index (χ0v) is 12.0. The molecule has 6 heteroatoms. The molecule has 0 N–H and O–H groups in total. The molecule has 0 aliphatic heterocycles. The quantitative estimate of drug-likeness (QED) is 0.695. The summed E-state index contributed by atoms with van der Waals surface area (Å²) in [6.45, 7) is 0. The topological polar surface area (TPSA) is 65.0 Å². The number of pyridine rings is 2. The summed E-state index contributed by atoms with van der Waals surface area (Å²) in [5, 5.41) is 0.754. The molecule has 3 rings (SSSR count). The number of ether oxygens (including phenoxy) is 1. The van der Waals surface area contributed by atoms with E-state index in [1.807, 2.05) is 24.3 Å². The van der Waals surface area contributed by atoms with E-state index in [2.05, 4.69) is 15.0 Å². The third-order valence-electron chi connectivity index (χ3n) is 2.88. The van der Waals surface area contributed by atoms with E-state index in [4.69, 9.17) is 4.74 Å². The van der Waals surface area contributed by atoms with E-state index in [9.17, 15) is 4.79 Å². The Morgan fingerprint density at radius 3 is 2.14 bits per heavy atom. The zero-order valence-electron chi connectivity index (χ0n) is 11.2. The van der Waals surface area contributed by atoms with E-state index in [1.54, 1.807) is 24.8 Å². The summed E-state index contributed by atoms with van der Waals surface area (Å²) >= 11 is 1.31. The van der Waals surface area contributed by atoms with Crippen LogP contribution < -0.4 is 0 Å². The van der Waals surface area contributed by atoms with Gasteiger partial charge in [-0.15, -0.1) is 11.3 Å². The summed E-state index contributed by atoms with van der Waals surface area (Å²) in [5.41, 5.74) is 2.36. The number of carbonyl (C=O) groups excluding carboxylic acids is 1. The molecule has 3 aromatic rings. The average molecular weight is 297 g/mol. The maximum Gasteiger partial charge on any atom is 0.350 e. The van der Waals surface area contributed by atoms with Crippen molar-refractivity contribution in [2.45, 2.75) is 0 Å². The van der Waals surface area contributed by atoms with Gasteiger partial charge in [0.05, 0.1) is 12.8 Å². The zero-order chi connectivity index (χ0) is 14.7. The fraction of sp³-hybridized carbons (Fsp3) is 0.0667. The minimum absolute atomic E-state index is 0.389. The molecular formula is C15H11N3O2S. The molecule has 0 fully saturated rings. The first-order chi connectivity index (χ1) is 10.3. The highest BCUT2D eigenvalue weighted by Crippen LogP contribution is 2.33. The molecule has 0 aliphatic rings. The number of thiazole rings is 1. The van der Waals surface area contributed by atoms with Crippen LogP contribution in [0.4, 0.5) is 0 Å². The lowest BCUT2D eigenvalue weighted by Crippen LogP contribution is -2.00. The van der Waals surface area contributed by atoms with Crippen molar-refractivity contribution in [3.8, 4) is 21.8 Å². The highest BCUT2D eigenvalue weighted by Gasteiger charge is 2.20. The second-order valence-electron chi connectivity index (χ2n) is 4.16. The van der Waals surface area contributed by atoms with Crippen molar-refractivity contribution in [3.63, 3.8) is 0 Å². The fourth-order valence-electron chi connectivity index (χ4n) is 1.87. The number of nitrogens with zero attached hydrogens (tertiary/aromatic N) is 3. The number of carbonyl (C=O) groups is 1. The molecule has 5 nitrogen and oxygen atoms in total. The molecule has 0 saturated heterocycles. The van der Waals surface area contributed by atoms with Crippen molar-refractivity contribution in [2.24, 2.45) is 0 Å². The predicted octanol–water partition coefficient (Wildman–Crippen LogP) is 3.05. The second kappa shape index (κ2) is 5.80. The Hall–Kier alpha value is -2.60. The van der Waals surface area contributed by atoms with Gasteiger partial charge in [0.2, 0.25) is 0 Å². The molecule has 0 unspecified atom stereocenters. The van der Waals surface area contributed by atoms with Crippen LogP contribution in [0.15, 0.2) is 49.1 Å². The van der Waals surface area contributed by atoms with Crippen LogP contribution >= 0.6 is 11.3 Å². The Morgan fingerprint density at radius 1 is 1.00 bits per heavy atom. The molecular weight excluding hydrogens is 286 g/mol. The number of hydrogen-bond acceptors (Lipinski definition) is 6. The van der Waals surface area contributed by atoms with E-state index in [0.29, 0.717) is 10.6 Å². The number of methoxy groups -OCH3 is 1. The van der Waals surface area contributed by atoms with Gasteiger partial charge < -0.3 is 4.74 Å². The van der Waals surface area contributed by atoms with Crippen molar-refractivity contribution in [2.75, 3.05) is 7.11 Å². The third kappa shape index (κ3) is 2.66. The summed E-state index contributed by atoms with van der Waals surface area (Å²) < 4.78 is 4.85.